The molecular formula is C19H17F3N6O3S. The van der Waals surface area contributed by atoms with E-state index in [0.29, 0.717) is 0 Å². The number of nitrogens with zero attached hydrogens (tertiary/aromatic N) is 3. The van der Waals surface area contributed by atoms with Crippen LogP contribution in [-0.4, -0.2) is 33.2 Å². The first-order valence-corrected chi connectivity index (χ1v) is 9.87. The van der Waals surface area contributed by atoms with Gasteiger partial charge in [-0.25, -0.2) is 9.78 Å². The minimum atomic E-state index is -4.49. The molecule has 32 heavy (non-hydrogen) atoms. The van der Waals surface area contributed by atoms with E-state index in [1.165, 1.54) is 31.6 Å². The number of amides is 1. The number of rotatable bonds is 5. The van der Waals surface area contributed by atoms with Gasteiger partial charge in [0.25, 0.3) is 5.56 Å². The second-order valence-electron chi connectivity index (χ2n) is 6.59. The summed E-state index contributed by atoms with van der Waals surface area (Å²) in [6.45, 7) is 0. The molecule has 4 N–H and O–H groups in total. The van der Waals surface area contributed by atoms with Crippen LogP contribution in [-0.2, 0) is 18.0 Å². The molecule has 2 aromatic heterocycles. The minimum absolute atomic E-state index is 0.0477. The van der Waals surface area contributed by atoms with Gasteiger partial charge in [-0.3, -0.25) is 24.1 Å². The third kappa shape index (κ3) is 4.77. The van der Waals surface area contributed by atoms with Gasteiger partial charge in [-0.1, -0.05) is 12.1 Å². The van der Waals surface area contributed by atoms with Crippen LogP contribution in [0.3, 0.4) is 0 Å². The Morgan fingerprint density at radius 1 is 1.34 bits per heavy atom. The third-order valence-corrected chi connectivity index (χ3v) is 5.25. The maximum atomic E-state index is 12.9. The van der Waals surface area contributed by atoms with E-state index in [0.717, 1.165) is 28.0 Å². The van der Waals surface area contributed by atoms with Crippen LogP contribution in [0, 0.1) is 0 Å². The lowest BCUT2D eigenvalue weighted by Gasteiger charge is -2.10. The largest absolute Gasteiger partial charge is 0.416 e. The quantitative estimate of drug-likeness (QED) is 0.496. The van der Waals surface area contributed by atoms with Crippen LogP contribution in [0.25, 0.3) is 11.3 Å². The minimum Gasteiger partial charge on any atom is -0.384 e. The summed E-state index contributed by atoms with van der Waals surface area (Å²) in [6.07, 6.45) is -4.83. The number of thiazole rings is 1. The third-order valence-electron chi connectivity index (χ3n) is 4.49. The standard InChI is InChI=1S/C19H17F3N6O3S/c1-24-11(14-15(23)28(2)18(31)27-16(14)30)7-13(29)26-17-25-12(8-32-17)9-4-3-5-10(6-9)19(20,21)22/h3-6,8H,7,23H2,1-2H3,(H,25,26,29)(H,27,30,31). The van der Waals surface area contributed by atoms with Crippen molar-refractivity contribution < 1.29 is 18.0 Å². The van der Waals surface area contributed by atoms with Gasteiger partial charge in [0.1, 0.15) is 11.4 Å². The first-order chi connectivity index (χ1) is 15.0. The SMILES string of the molecule is CN=C(CC(=O)Nc1nc(-c2cccc(C(F)(F)F)c2)cs1)c1c(N)n(C)c(=O)[nH]c1=O. The van der Waals surface area contributed by atoms with Crippen molar-refractivity contribution in [2.24, 2.45) is 12.0 Å². The Hall–Kier alpha value is -3.74. The summed E-state index contributed by atoms with van der Waals surface area (Å²) in [5, 5.41) is 4.18. The summed E-state index contributed by atoms with van der Waals surface area (Å²) in [6, 6.07) is 4.68. The highest BCUT2D eigenvalue weighted by molar-refractivity contribution is 7.14. The summed E-state index contributed by atoms with van der Waals surface area (Å²) in [5.74, 6) is -0.726. The topological polar surface area (TPSA) is 135 Å². The van der Waals surface area contributed by atoms with Gasteiger partial charge in [-0.2, -0.15) is 13.2 Å². The molecule has 0 unspecified atom stereocenters. The van der Waals surface area contributed by atoms with E-state index in [-0.39, 0.29) is 39.9 Å². The molecule has 0 saturated carbocycles. The predicted octanol–water partition coefficient (Wildman–Crippen LogP) is 2.25. The van der Waals surface area contributed by atoms with Crippen LogP contribution in [0.2, 0.25) is 0 Å². The van der Waals surface area contributed by atoms with Crippen LogP contribution in [0.5, 0.6) is 0 Å². The molecule has 0 atom stereocenters. The van der Waals surface area contributed by atoms with Crippen molar-refractivity contribution in [1.29, 1.82) is 0 Å². The molecule has 1 aromatic carbocycles. The number of nitrogens with two attached hydrogens (primary N) is 1. The summed E-state index contributed by atoms with van der Waals surface area (Å²) in [5.41, 5.74) is 4.00. The molecule has 168 valence electrons. The molecule has 3 aromatic rings. The Labute approximate surface area is 182 Å². The number of nitrogen functional groups attached to an aromatic ring is 1. The highest BCUT2D eigenvalue weighted by Gasteiger charge is 2.30. The van der Waals surface area contributed by atoms with Crippen LogP contribution in [0.4, 0.5) is 24.1 Å². The van der Waals surface area contributed by atoms with Gasteiger partial charge in [0.15, 0.2) is 5.13 Å². The van der Waals surface area contributed by atoms with E-state index in [1.807, 2.05) is 0 Å². The fourth-order valence-electron chi connectivity index (χ4n) is 2.83. The number of carbonyl (C=O) groups excluding carboxylic acids is 1. The van der Waals surface area contributed by atoms with Crippen molar-refractivity contribution in [3.05, 3.63) is 61.6 Å². The molecule has 0 aliphatic heterocycles. The zero-order valence-electron chi connectivity index (χ0n) is 16.8. The number of H-pyrrole nitrogens is 1. The number of aromatic amines is 1. The smallest absolute Gasteiger partial charge is 0.384 e. The molecule has 3 rings (SSSR count). The van der Waals surface area contributed by atoms with Crippen LogP contribution in [0.1, 0.15) is 17.5 Å². The highest BCUT2D eigenvalue weighted by Crippen LogP contribution is 2.33. The molecular weight excluding hydrogens is 449 g/mol. The molecule has 0 saturated heterocycles. The van der Waals surface area contributed by atoms with Gasteiger partial charge in [-0.15, -0.1) is 11.3 Å². The van der Waals surface area contributed by atoms with Crippen LogP contribution in [0.15, 0.2) is 44.2 Å². The van der Waals surface area contributed by atoms with Crippen molar-refractivity contribution in [3.8, 4) is 11.3 Å². The number of hydrogen-bond donors (Lipinski definition) is 3. The fourth-order valence-corrected chi connectivity index (χ4v) is 3.57. The Morgan fingerprint density at radius 2 is 2.06 bits per heavy atom. The maximum Gasteiger partial charge on any atom is 0.416 e. The van der Waals surface area contributed by atoms with Gasteiger partial charge >= 0.3 is 11.9 Å². The Bertz CT molecular complexity index is 1320. The number of hydrogen-bond acceptors (Lipinski definition) is 7. The van der Waals surface area contributed by atoms with Gasteiger partial charge in [0.05, 0.1) is 23.4 Å². The van der Waals surface area contributed by atoms with Crippen molar-refractivity contribution >= 4 is 33.9 Å². The number of nitrogens with one attached hydrogen (secondary N) is 2. The first kappa shape index (κ1) is 22.9. The van der Waals surface area contributed by atoms with E-state index in [1.54, 1.807) is 0 Å². The average molecular weight is 466 g/mol. The lowest BCUT2D eigenvalue weighted by Crippen LogP contribution is -2.35. The van der Waals surface area contributed by atoms with E-state index in [9.17, 15) is 27.6 Å². The molecule has 0 radical (unpaired) electrons. The monoisotopic (exact) mass is 466 g/mol. The molecule has 2 heterocycles. The summed E-state index contributed by atoms with van der Waals surface area (Å²) in [7, 11) is 2.72. The van der Waals surface area contributed by atoms with Crippen molar-refractivity contribution in [2.45, 2.75) is 12.6 Å². The molecule has 0 fully saturated rings. The molecule has 0 aliphatic rings. The van der Waals surface area contributed by atoms with Crippen molar-refractivity contribution in [2.75, 3.05) is 18.1 Å². The predicted molar refractivity (Wildman–Crippen MR) is 115 cm³/mol. The zero-order chi connectivity index (χ0) is 23.6. The maximum absolute atomic E-state index is 12.9. The molecule has 9 nitrogen and oxygen atoms in total. The van der Waals surface area contributed by atoms with Gasteiger partial charge in [0.2, 0.25) is 5.91 Å². The van der Waals surface area contributed by atoms with Gasteiger partial charge in [0, 0.05) is 25.0 Å². The number of carbonyl (C=O) groups is 1. The summed E-state index contributed by atoms with van der Waals surface area (Å²) in [4.78, 5) is 46.4. The Morgan fingerprint density at radius 3 is 2.72 bits per heavy atom. The molecule has 0 aliphatic carbocycles. The number of alkyl halides is 3. The highest BCUT2D eigenvalue weighted by atomic mass is 32.1. The molecule has 0 bridgehead atoms. The summed E-state index contributed by atoms with van der Waals surface area (Å²) < 4.78 is 39.8. The first-order valence-electron chi connectivity index (χ1n) is 8.99. The van der Waals surface area contributed by atoms with Crippen LogP contribution >= 0.6 is 11.3 Å². The fraction of sp³-hybridized carbons (Fsp3) is 0.211. The van der Waals surface area contributed by atoms with E-state index in [2.05, 4.69) is 20.3 Å². The van der Waals surface area contributed by atoms with Crippen molar-refractivity contribution in [3.63, 3.8) is 0 Å². The number of anilines is 2. The average Bonchev–Trinajstić information content (AvgIpc) is 3.19. The summed E-state index contributed by atoms with van der Waals surface area (Å²) >= 11 is 1.03. The number of aliphatic imine (C=N–C) groups is 1. The molecule has 0 spiro atoms. The second-order valence-corrected chi connectivity index (χ2v) is 7.45. The zero-order valence-corrected chi connectivity index (χ0v) is 17.6. The molecule has 13 heteroatoms. The number of aromatic nitrogens is 3. The number of benzene rings is 1. The van der Waals surface area contributed by atoms with E-state index in [4.69, 9.17) is 5.73 Å². The number of halogens is 3. The normalized spacial score (nSPS) is 12.1. The van der Waals surface area contributed by atoms with Gasteiger partial charge in [-0.05, 0) is 12.1 Å². The van der Waals surface area contributed by atoms with E-state index < -0.39 is 28.9 Å². The van der Waals surface area contributed by atoms with Crippen LogP contribution < -0.4 is 22.3 Å². The molecule has 1 amide bonds. The Kier molecular flexibility index (Phi) is 6.30. The van der Waals surface area contributed by atoms with Crippen molar-refractivity contribution in [1.82, 2.24) is 14.5 Å². The lowest BCUT2D eigenvalue weighted by atomic mass is 10.1. The van der Waals surface area contributed by atoms with Gasteiger partial charge < -0.3 is 11.1 Å². The lowest BCUT2D eigenvalue weighted by molar-refractivity contribution is -0.137. The second kappa shape index (κ2) is 8.78. The van der Waals surface area contributed by atoms with E-state index >= 15 is 0 Å². The Balaban J connectivity index is 1.78.